The van der Waals surface area contributed by atoms with Crippen LogP contribution >= 0.6 is 0 Å². The molecule has 0 radical (unpaired) electrons. The summed E-state index contributed by atoms with van der Waals surface area (Å²) in [5.41, 5.74) is 0.220. The minimum atomic E-state index is -3.60. The minimum Gasteiger partial charge on any atom is -0.474 e. The van der Waals surface area contributed by atoms with Crippen LogP contribution in [-0.4, -0.2) is 66.1 Å². The Balaban J connectivity index is 1.63. The van der Waals surface area contributed by atoms with Gasteiger partial charge in [0.2, 0.25) is 5.88 Å². The number of carbonyl (C=O) groups is 1. The quantitative estimate of drug-likeness (QED) is 0.523. The summed E-state index contributed by atoms with van der Waals surface area (Å²) in [5, 5.41) is 18.6. The van der Waals surface area contributed by atoms with Gasteiger partial charge in [-0.25, -0.2) is 8.42 Å². The Bertz CT molecular complexity index is 1050. The second-order valence-corrected chi connectivity index (χ2v) is 10.2. The van der Waals surface area contributed by atoms with E-state index in [0.717, 1.165) is 25.9 Å². The molecule has 0 spiro atoms. The number of aliphatic hydroxyl groups excluding tert-OH is 1. The number of anilines is 1. The van der Waals surface area contributed by atoms with E-state index in [1.54, 1.807) is 30.5 Å². The van der Waals surface area contributed by atoms with Crippen LogP contribution in [0.1, 0.15) is 37.0 Å². The fraction of sp³-hybridized carbons (Fsp3) is 0.455. The Morgan fingerprint density at radius 1 is 1.41 bits per heavy atom. The topological polar surface area (TPSA) is 125 Å². The van der Waals surface area contributed by atoms with Gasteiger partial charge < -0.3 is 20.1 Å². The predicted molar refractivity (Wildman–Crippen MR) is 121 cm³/mol. The summed E-state index contributed by atoms with van der Waals surface area (Å²) < 4.78 is 31.0. The fourth-order valence-electron chi connectivity index (χ4n) is 3.49. The maximum Gasteiger partial charge on any atom is 0.256 e. The summed E-state index contributed by atoms with van der Waals surface area (Å²) in [6.45, 7) is 5.45. The van der Waals surface area contributed by atoms with Gasteiger partial charge in [0.05, 0.1) is 16.8 Å². The highest BCUT2D eigenvalue weighted by Gasteiger charge is 2.18. The van der Waals surface area contributed by atoms with Gasteiger partial charge in [0, 0.05) is 31.3 Å². The van der Waals surface area contributed by atoms with Crippen LogP contribution in [-0.2, 0) is 9.84 Å². The second-order valence-electron chi connectivity index (χ2n) is 8.12. The number of hydrogen-bond donors (Lipinski definition) is 3. The number of ether oxygens (including phenoxy) is 1. The molecule has 3 rings (SSSR count). The van der Waals surface area contributed by atoms with E-state index >= 15 is 0 Å². The van der Waals surface area contributed by atoms with Crippen molar-refractivity contribution in [1.82, 2.24) is 15.1 Å². The van der Waals surface area contributed by atoms with Crippen LogP contribution < -0.4 is 10.1 Å². The van der Waals surface area contributed by atoms with Crippen molar-refractivity contribution in [2.24, 2.45) is 5.92 Å². The molecule has 1 atom stereocenters. The standard InChI is InChI=1S/C22H30N4O5S/c1-16(2)31-21-13-20(24-25-21)23-22(28)18-7-3-8-19(12-18)32(29,30)11-5-10-26-9-4-6-17(14-26)15-27/h3,5,7-8,10,12-13,16-17,27H,4,6,9,11,14-15H2,1-2H3,(H2,23,24,25,28). The van der Waals surface area contributed by atoms with E-state index in [0.29, 0.717) is 11.7 Å². The van der Waals surface area contributed by atoms with Crippen molar-refractivity contribution in [3.63, 3.8) is 0 Å². The molecule has 2 aromatic rings. The van der Waals surface area contributed by atoms with Crippen LogP contribution in [0.2, 0.25) is 0 Å². The number of sulfone groups is 1. The molecule has 1 fully saturated rings. The molecule has 0 bridgehead atoms. The lowest BCUT2D eigenvalue weighted by Gasteiger charge is -2.30. The number of hydrogen-bond acceptors (Lipinski definition) is 7. The van der Waals surface area contributed by atoms with Crippen molar-refractivity contribution < 1.29 is 23.1 Å². The number of amides is 1. The normalized spacial score (nSPS) is 17.1. The van der Waals surface area contributed by atoms with E-state index in [1.807, 2.05) is 18.7 Å². The number of benzene rings is 1. The first-order chi connectivity index (χ1) is 15.3. The summed E-state index contributed by atoms with van der Waals surface area (Å²) in [6.07, 6.45) is 5.30. The van der Waals surface area contributed by atoms with Gasteiger partial charge in [-0.15, -0.1) is 5.10 Å². The Labute approximate surface area is 188 Å². The first kappa shape index (κ1) is 23.8. The maximum absolute atomic E-state index is 12.8. The number of likely N-dealkylation sites (tertiary alicyclic amines) is 1. The number of nitrogens with zero attached hydrogens (tertiary/aromatic N) is 2. The summed E-state index contributed by atoms with van der Waals surface area (Å²) in [4.78, 5) is 14.7. The summed E-state index contributed by atoms with van der Waals surface area (Å²) in [5.74, 6) is 0.306. The summed E-state index contributed by atoms with van der Waals surface area (Å²) in [6, 6.07) is 7.50. The van der Waals surface area contributed by atoms with Gasteiger partial charge in [0.1, 0.15) is 5.82 Å². The molecule has 1 unspecified atom stereocenters. The summed E-state index contributed by atoms with van der Waals surface area (Å²) in [7, 11) is -3.60. The molecule has 0 saturated carbocycles. The van der Waals surface area contributed by atoms with Crippen LogP contribution in [0, 0.1) is 5.92 Å². The third-order valence-corrected chi connectivity index (χ3v) is 6.66. The molecule has 1 amide bonds. The number of rotatable bonds is 9. The van der Waals surface area contributed by atoms with Gasteiger partial charge in [-0.3, -0.25) is 9.89 Å². The molecule has 10 heteroatoms. The third-order valence-electron chi connectivity index (χ3n) is 5.05. The number of aromatic nitrogens is 2. The van der Waals surface area contributed by atoms with Crippen LogP contribution in [0.25, 0.3) is 0 Å². The monoisotopic (exact) mass is 462 g/mol. The highest BCUT2D eigenvalue weighted by atomic mass is 32.2. The van der Waals surface area contributed by atoms with Gasteiger partial charge in [0.25, 0.3) is 5.91 Å². The Morgan fingerprint density at radius 3 is 2.97 bits per heavy atom. The number of nitrogens with one attached hydrogen (secondary N) is 2. The molecule has 1 aliphatic rings. The minimum absolute atomic E-state index is 0.0520. The molecule has 174 valence electrons. The van der Waals surface area contributed by atoms with E-state index < -0.39 is 15.7 Å². The third kappa shape index (κ3) is 6.57. The molecule has 1 aliphatic heterocycles. The zero-order chi connectivity index (χ0) is 23.1. The lowest BCUT2D eigenvalue weighted by molar-refractivity contribution is 0.102. The molecule has 32 heavy (non-hydrogen) atoms. The molecule has 2 heterocycles. The lowest BCUT2D eigenvalue weighted by atomic mass is 9.99. The molecule has 9 nitrogen and oxygen atoms in total. The Morgan fingerprint density at radius 2 is 2.22 bits per heavy atom. The summed E-state index contributed by atoms with van der Waals surface area (Å²) >= 11 is 0. The van der Waals surface area contributed by atoms with Crippen molar-refractivity contribution in [1.29, 1.82) is 0 Å². The first-order valence-corrected chi connectivity index (χ1v) is 12.3. The predicted octanol–water partition coefficient (Wildman–Crippen LogP) is 2.44. The number of piperidine rings is 1. The van der Waals surface area contributed by atoms with Gasteiger partial charge in [0.15, 0.2) is 9.84 Å². The van der Waals surface area contributed by atoms with E-state index in [-0.39, 0.29) is 34.8 Å². The maximum atomic E-state index is 12.8. The average Bonchev–Trinajstić information content (AvgIpc) is 3.19. The average molecular weight is 463 g/mol. The zero-order valence-corrected chi connectivity index (χ0v) is 19.1. The van der Waals surface area contributed by atoms with Gasteiger partial charge >= 0.3 is 0 Å². The number of H-pyrrole nitrogens is 1. The van der Waals surface area contributed by atoms with Crippen molar-refractivity contribution >= 4 is 21.6 Å². The molecule has 0 aliphatic carbocycles. The van der Waals surface area contributed by atoms with Crippen molar-refractivity contribution in [3.8, 4) is 5.88 Å². The van der Waals surface area contributed by atoms with Crippen LogP contribution in [0.4, 0.5) is 5.82 Å². The number of carbonyl (C=O) groups excluding carboxylic acids is 1. The Hall–Kier alpha value is -2.85. The molecule has 3 N–H and O–H groups in total. The van der Waals surface area contributed by atoms with Crippen molar-refractivity contribution in [2.75, 3.05) is 30.8 Å². The van der Waals surface area contributed by atoms with E-state index in [2.05, 4.69) is 15.5 Å². The molecule has 1 aromatic heterocycles. The van der Waals surface area contributed by atoms with Crippen molar-refractivity contribution in [2.45, 2.75) is 37.7 Å². The molecular weight excluding hydrogens is 432 g/mol. The molecule has 1 aromatic carbocycles. The SMILES string of the molecule is CC(C)Oc1cc(NC(=O)c2cccc(S(=O)(=O)CC=CN3CCCC(CO)C3)c2)[nH]n1. The van der Waals surface area contributed by atoms with Crippen molar-refractivity contribution in [3.05, 3.63) is 48.2 Å². The van der Waals surface area contributed by atoms with Crippen LogP contribution in [0.5, 0.6) is 5.88 Å². The second kappa shape index (κ2) is 10.6. The highest BCUT2D eigenvalue weighted by molar-refractivity contribution is 7.91. The van der Waals surface area contributed by atoms with Gasteiger partial charge in [-0.2, -0.15) is 0 Å². The molecule has 1 saturated heterocycles. The van der Waals surface area contributed by atoms with E-state index in [1.165, 1.54) is 12.1 Å². The van der Waals surface area contributed by atoms with Crippen LogP contribution in [0.3, 0.4) is 0 Å². The van der Waals surface area contributed by atoms with Gasteiger partial charge in [-0.1, -0.05) is 12.1 Å². The lowest BCUT2D eigenvalue weighted by Crippen LogP contribution is -2.33. The van der Waals surface area contributed by atoms with E-state index in [9.17, 15) is 18.3 Å². The van der Waals surface area contributed by atoms with Crippen LogP contribution in [0.15, 0.2) is 47.5 Å². The van der Waals surface area contributed by atoms with Gasteiger partial charge in [-0.05, 0) is 57.0 Å². The Kier molecular flexibility index (Phi) is 7.92. The number of aliphatic hydroxyl groups is 1. The number of aromatic amines is 1. The smallest absolute Gasteiger partial charge is 0.256 e. The zero-order valence-electron chi connectivity index (χ0n) is 18.3. The highest BCUT2D eigenvalue weighted by Crippen LogP contribution is 2.19. The fourth-order valence-corrected chi connectivity index (χ4v) is 4.62. The van der Waals surface area contributed by atoms with E-state index in [4.69, 9.17) is 4.74 Å². The largest absolute Gasteiger partial charge is 0.474 e. The first-order valence-electron chi connectivity index (χ1n) is 10.6. The molecular formula is C22H30N4O5S.